The Labute approximate surface area is 146 Å². The Morgan fingerprint density at radius 2 is 1.84 bits per heavy atom. The minimum atomic E-state index is 0.0523. The van der Waals surface area contributed by atoms with Gasteiger partial charge in [-0.05, 0) is 51.6 Å². The van der Waals surface area contributed by atoms with Gasteiger partial charge in [0, 0.05) is 18.0 Å². The lowest BCUT2D eigenvalue weighted by atomic mass is 9.97. The number of fused-ring (bicyclic) bond motifs is 2. The van der Waals surface area contributed by atoms with E-state index in [-0.39, 0.29) is 6.61 Å². The van der Waals surface area contributed by atoms with E-state index in [9.17, 15) is 5.11 Å². The molecule has 0 aliphatic carbocycles. The molecule has 25 heavy (non-hydrogen) atoms. The van der Waals surface area contributed by atoms with Crippen LogP contribution in [-0.2, 0) is 13.0 Å². The first-order valence-electron chi connectivity index (χ1n) is 8.31. The van der Waals surface area contributed by atoms with Crippen LogP contribution in [0.4, 0.5) is 0 Å². The van der Waals surface area contributed by atoms with Crippen molar-refractivity contribution in [3.8, 4) is 5.75 Å². The molecule has 124 valence electrons. The highest BCUT2D eigenvalue weighted by Crippen LogP contribution is 2.27. The fourth-order valence-electron chi connectivity index (χ4n) is 3.31. The number of aliphatic hydroxyl groups excluding tert-OH is 1. The highest BCUT2D eigenvalue weighted by Gasteiger charge is 2.08. The molecule has 0 aliphatic rings. The highest BCUT2D eigenvalue weighted by molar-refractivity contribution is 5.89. The predicted octanol–water partition coefficient (Wildman–Crippen LogP) is 4.48. The lowest BCUT2D eigenvalue weighted by Gasteiger charge is -2.10. The summed E-state index contributed by atoms with van der Waals surface area (Å²) in [6, 6.07) is 20.5. The van der Waals surface area contributed by atoms with E-state index in [1.807, 2.05) is 30.5 Å². The maximum Gasteiger partial charge on any atom is 0.119 e. The van der Waals surface area contributed by atoms with Crippen LogP contribution in [0.15, 0.2) is 66.9 Å². The SMILES string of the molecule is COc1ccc2cccc(Cc3nccc4cc(CO)ccc34)c2c1. The molecule has 0 saturated carbocycles. The van der Waals surface area contributed by atoms with Crippen molar-refractivity contribution in [2.24, 2.45) is 0 Å². The van der Waals surface area contributed by atoms with Crippen LogP contribution in [0.5, 0.6) is 5.75 Å². The Morgan fingerprint density at radius 3 is 2.68 bits per heavy atom. The molecule has 0 fully saturated rings. The smallest absolute Gasteiger partial charge is 0.119 e. The Kier molecular flexibility index (Phi) is 4.08. The summed E-state index contributed by atoms with van der Waals surface area (Å²) < 4.78 is 5.38. The molecule has 0 aliphatic heterocycles. The minimum absolute atomic E-state index is 0.0523. The predicted molar refractivity (Wildman–Crippen MR) is 101 cm³/mol. The number of ether oxygens (including phenoxy) is 1. The van der Waals surface area contributed by atoms with Gasteiger partial charge >= 0.3 is 0 Å². The molecule has 1 aromatic heterocycles. The summed E-state index contributed by atoms with van der Waals surface area (Å²) in [5.41, 5.74) is 3.18. The maximum atomic E-state index is 9.34. The number of hydrogen-bond donors (Lipinski definition) is 1. The van der Waals surface area contributed by atoms with Crippen LogP contribution in [0.25, 0.3) is 21.5 Å². The number of methoxy groups -OCH3 is 1. The molecule has 0 bridgehead atoms. The number of benzene rings is 3. The van der Waals surface area contributed by atoms with Crippen LogP contribution in [0, 0.1) is 0 Å². The van der Waals surface area contributed by atoms with Crippen molar-refractivity contribution >= 4 is 21.5 Å². The molecule has 0 radical (unpaired) electrons. The van der Waals surface area contributed by atoms with E-state index < -0.39 is 0 Å². The summed E-state index contributed by atoms with van der Waals surface area (Å²) in [6.45, 7) is 0.0523. The van der Waals surface area contributed by atoms with Crippen LogP contribution in [0.1, 0.15) is 16.8 Å². The zero-order valence-corrected chi connectivity index (χ0v) is 14.1. The van der Waals surface area contributed by atoms with Gasteiger partial charge in [0.05, 0.1) is 19.4 Å². The molecule has 3 heteroatoms. The number of nitrogens with zero attached hydrogens (tertiary/aromatic N) is 1. The van der Waals surface area contributed by atoms with Gasteiger partial charge in [0.15, 0.2) is 0 Å². The summed E-state index contributed by atoms with van der Waals surface area (Å²) in [5, 5.41) is 14.0. The summed E-state index contributed by atoms with van der Waals surface area (Å²) in [6.07, 6.45) is 2.59. The number of aliphatic hydroxyl groups is 1. The Morgan fingerprint density at radius 1 is 0.920 bits per heavy atom. The number of rotatable bonds is 4. The van der Waals surface area contributed by atoms with Crippen molar-refractivity contribution in [2.45, 2.75) is 13.0 Å². The second-order valence-corrected chi connectivity index (χ2v) is 6.15. The van der Waals surface area contributed by atoms with Crippen molar-refractivity contribution in [3.63, 3.8) is 0 Å². The Bertz CT molecular complexity index is 1060. The quantitative estimate of drug-likeness (QED) is 0.600. The van der Waals surface area contributed by atoms with Crippen LogP contribution in [0.3, 0.4) is 0 Å². The number of hydrogen-bond acceptors (Lipinski definition) is 3. The van der Waals surface area contributed by atoms with E-state index in [1.54, 1.807) is 7.11 Å². The van der Waals surface area contributed by atoms with Crippen molar-refractivity contribution in [3.05, 3.63) is 83.7 Å². The summed E-state index contributed by atoms with van der Waals surface area (Å²) in [5.74, 6) is 0.860. The van der Waals surface area contributed by atoms with Crippen molar-refractivity contribution in [2.75, 3.05) is 7.11 Å². The van der Waals surface area contributed by atoms with Crippen LogP contribution in [0.2, 0.25) is 0 Å². The van der Waals surface area contributed by atoms with Gasteiger partial charge in [0.1, 0.15) is 5.75 Å². The third-order valence-corrected chi connectivity index (χ3v) is 4.63. The largest absolute Gasteiger partial charge is 0.497 e. The molecular formula is C22H19NO2. The summed E-state index contributed by atoms with van der Waals surface area (Å²) in [4.78, 5) is 4.61. The molecular weight excluding hydrogens is 310 g/mol. The Hall–Kier alpha value is -2.91. The van der Waals surface area contributed by atoms with Gasteiger partial charge in [-0.3, -0.25) is 4.98 Å². The average molecular weight is 329 g/mol. The molecule has 0 spiro atoms. The standard InChI is InChI=1S/C22H19NO2/c1-25-19-7-6-16-3-2-4-17(21(16)13-19)12-22-20-8-5-15(14-24)11-18(20)9-10-23-22/h2-11,13,24H,12,14H2,1H3. The second-order valence-electron chi connectivity index (χ2n) is 6.15. The molecule has 4 aromatic rings. The maximum absolute atomic E-state index is 9.34. The zero-order valence-electron chi connectivity index (χ0n) is 14.1. The number of aromatic nitrogens is 1. The molecule has 0 atom stereocenters. The fraction of sp³-hybridized carbons (Fsp3) is 0.136. The van der Waals surface area contributed by atoms with E-state index in [2.05, 4.69) is 41.4 Å². The molecule has 3 aromatic carbocycles. The first-order chi connectivity index (χ1) is 12.3. The Balaban J connectivity index is 1.82. The average Bonchev–Trinajstić information content (AvgIpc) is 2.67. The fourth-order valence-corrected chi connectivity index (χ4v) is 3.31. The van der Waals surface area contributed by atoms with Gasteiger partial charge in [-0.2, -0.15) is 0 Å². The molecule has 0 amide bonds. The third-order valence-electron chi connectivity index (χ3n) is 4.63. The lowest BCUT2D eigenvalue weighted by molar-refractivity contribution is 0.282. The van der Waals surface area contributed by atoms with Crippen LogP contribution in [-0.4, -0.2) is 17.2 Å². The zero-order chi connectivity index (χ0) is 17.2. The normalized spacial score (nSPS) is 11.1. The van der Waals surface area contributed by atoms with Gasteiger partial charge in [-0.1, -0.05) is 36.4 Å². The molecule has 1 N–H and O–H groups in total. The molecule has 0 saturated heterocycles. The van der Waals surface area contributed by atoms with Gasteiger partial charge in [-0.25, -0.2) is 0 Å². The van der Waals surface area contributed by atoms with E-state index in [0.717, 1.165) is 34.2 Å². The van der Waals surface area contributed by atoms with Crippen molar-refractivity contribution < 1.29 is 9.84 Å². The van der Waals surface area contributed by atoms with E-state index >= 15 is 0 Å². The second kappa shape index (κ2) is 6.54. The van der Waals surface area contributed by atoms with Crippen molar-refractivity contribution in [1.82, 2.24) is 4.98 Å². The monoisotopic (exact) mass is 329 g/mol. The van der Waals surface area contributed by atoms with E-state index in [4.69, 9.17) is 4.74 Å². The van der Waals surface area contributed by atoms with Gasteiger partial charge < -0.3 is 9.84 Å². The summed E-state index contributed by atoms with van der Waals surface area (Å²) >= 11 is 0. The van der Waals surface area contributed by atoms with Crippen LogP contribution < -0.4 is 4.74 Å². The molecule has 0 unspecified atom stereocenters. The topological polar surface area (TPSA) is 42.4 Å². The molecule has 4 rings (SSSR count). The number of pyridine rings is 1. The minimum Gasteiger partial charge on any atom is -0.497 e. The third kappa shape index (κ3) is 2.94. The summed E-state index contributed by atoms with van der Waals surface area (Å²) in [7, 11) is 1.69. The highest BCUT2D eigenvalue weighted by atomic mass is 16.5. The first kappa shape index (κ1) is 15.6. The lowest BCUT2D eigenvalue weighted by Crippen LogP contribution is -1.96. The van der Waals surface area contributed by atoms with Gasteiger partial charge in [-0.15, -0.1) is 0 Å². The molecule has 3 nitrogen and oxygen atoms in total. The molecule has 1 heterocycles. The van der Waals surface area contributed by atoms with Crippen molar-refractivity contribution in [1.29, 1.82) is 0 Å². The van der Waals surface area contributed by atoms with Gasteiger partial charge in [0.2, 0.25) is 0 Å². The van der Waals surface area contributed by atoms with Gasteiger partial charge in [0.25, 0.3) is 0 Å². The first-order valence-corrected chi connectivity index (χ1v) is 8.31. The van der Waals surface area contributed by atoms with E-state index in [1.165, 1.54) is 16.3 Å². The van der Waals surface area contributed by atoms with Crippen LogP contribution >= 0.6 is 0 Å². The van der Waals surface area contributed by atoms with E-state index in [0.29, 0.717) is 0 Å².